The summed E-state index contributed by atoms with van der Waals surface area (Å²) in [6.45, 7) is 2.15. The van der Waals surface area contributed by atoms with Crippen LogP contribution in [0.5, 0.6) is 5.75 Å². The topological polar surface area (TPSA) is 29.5 Å². The highest BCUT2D eigenvalue weighted by Crippen LogP contribution is 2.24. The number of aliphatic hydroxyl groups excluding tert-OH is 1. The van der Waals surface area contributed by atoms with E-state index >= 15 is 0 Å². The Balaban J connectivity index is 2.51. The van der Waals surface area contributed by atoms with Gasteiger partial charge in [-0.05, 0) is 24.1 Å². The predicted molar refractivity (Wildman–Crippen MR) is 66.7 cm³/mol. The largest absolute Gasteiger partial charge is 0.494 e. The lowest BCUT2D eigenvalue weighted by Crippen LogP contribution is -1.99. The number of benzene rings is 1. The van der Waals surface area contributed by atoms with Gasteiger partial charge in [-0.15, -0.1) is 0 Å². The zero-order chi connectivity index (χ0) is 12.7. The Morgan fingerprint density at radius 3 is 2.65 bits per heavy atom. The molecule has 3 heteroatoms. The van der Waals surface area contributed by atoms with Crippen LogP contribution in [0.2, 0.25) is 0 Å². The van der Waals surface area contributed by atoms with Crippen LogP contribution >= 0.6 is 0 Å². The maximum atomic E-state index is 13.4. The molecule has 1 aromatic carbocycles. The van der Waals surface area contributed by atoms with Crippen LogP contribution in [0.15, 0.2) is 18.2 Å². The summed E-state index contributed by atoms with van der Waals surface area (Å²) in [6.07, 6.45) is 4.56. The molecule has 0 aromatic heterocycles. The molecule has 0 saturated carbocycles. The standard InChI is InChI=1S/C14H21FO2/c1-3-4-5-6-7-13(16)11-8-9-14(17-2)12(15)10-11/h8-10,13,16H,3-7H2,1-2H3. The molecule has 0 aliphatic rings. The molecule has 0 aliphatic carbocycles. The van der Waals surface area contributed by atoms with Gasteiger partial charge in [0.15, 0.2) is 11.6 Å². The molecule has 0 amide bonds. The Kier molecular flexibility index (Phi) is 5.98. The lowest BCUT2D eigenvalue weighted by Gasteiger charge is -2.12. The van der Waals surface area contributed by atoms with Crippen molar-refractivity contribution in [1.29, 1.82) is 0 Å². The minimum atomic E-state index is -0.577. The van der Waals surface area contributed by atoms with E-state index in [1.54, 1.807) is 12.1 Å². The highest BCUT2D eigenvalue weighted by Gasteiger charge is 2.10. The van der Waals surface area contributed by atoms with Crippen molar-refractivity contribution in [2.24, 2.45) is 0 Å². The van der Waals surface area contributed by atoms with Crippen molar-refractivity contribution in [1.82, 2.24) is 0 Å². The summed E-state index contributed by atoms with van der Waals surface area (Å²) in [4.78, 5) is 0. The summed E-state index contributed by atoms with van der Waals surface area (Å²) >= 11 is 0. The minimum Gasteiger partial charge on any atom is -0.494 e. The van der Waals surface area contributed by atoms with Crippen LogP contribution in [0.3, 0.4) is 0 Å². The quantitative estimate of drug-likeness (QED) is 0.734. The van der Waals surface area contributed by atoms with Gasteiger partial charge in [0, 0.05) is 0 Å². The molecule has 1 aromatic rings. The number of aliphatic hydroxyl groups is 1. The maximum Gasteiger partial charge on any atom is 0.165 e. The lowest BCUT2D eigenvalue weighted by molar-refractivity contribution is 0.163. The Bertz CT molecular complexity index is 339. The third-order valence-electron chi connectivity index (χ3n) is 2.89. The first kappa shape index (κ1) is 14.0. The third kappa shape index (κ3) is 4.35. The van der Waals surface area contributed by atoms with Crippen LogP contribution in [0, 0.1) is 5.82 Å². The van der Waals surface area contributed by atoms with Gasteiger partial charge in [0.2, 0.25) is 0 Å². The SMILES string of the molecule is CCCCCCC(O)c1ccc(OC)c(F)c1. The molecule has 2 nitrogen and oxygen atoms in total. The first-order valence-electron chi connectivity index (χ1n) is 6.20. The van der Waals surface area contributed by atoms with Gasteiger partial charge >= 0.3 is 0 Å². The number of ether oxygens (including phenoxy) is 1. The van der Waals surface area contributed by atoms with Crippen LogP contribution in [0.25, 0.3) is 0 Å². The van der Waals surface area contributed by atoms with Crippen molar-refractivity contribution in [2.75, 3.05) is 7.11 Å². The monoisotopic (exact) mass is 240 g/mol. The summed E-state index contributed by atoms with van der Waals surface area (Å²) in [5, 5.41) is 9.90. The van der Waals surface area contributed by atoms with Gasteiger partial charge in [-0.2, -0.15) is 0 Å². The number of hydrogen-bond acceptors (Lipinski definition) is 2. The van der Waals surface area contributed by atoms with Crippen molar-refractivity contribution in [3.05, 3.63) is 29.6 Å². The molecule has 0 radical (unpaired) electrons. The fourth-order valence-corrected chi connectivity index (χ4v) is 1.82. The second-order valence-electron chi connectivity index (χ2n) is 4.26. The summed E-state index contributed by atoms with van der Waals surface area (Å²) in [5.41, 5.74) is 0.625. The molecular weight excluding hydrogens is 219 g/mol. The molecular formula is C14H21FO2. The van der Waals surface area contributed by atoms with Crippen LogP contribution in [0.4, 0.5) is 4.39 Å². The van der Waals surface area contributed by atoms with Gasteiger partial charge < -0.3 is 9.84 Å². The average molecular weight is 240 g/mol. The Hall–Kier alpha value is -1.09. The predicted octanol–water partition coefficient (Wildman–Crippen LogP) is 3.84. The maximum absolute atomic E-state index is 13.4. The van der Waals surface area contributed by atoms with E-state index < -0.39 is 11.9 Å². The number of halogens is 1. The van der Waals surface area contributed by atoms with Crippen molar-refractivity contribution < 1.29 is 14.2 Å². The zero-order valence-corrected chi connectivity index (χ0v) is 10.6. The van der Waals surface area contributed by atoms with E-state index in [0.29, 0.717) is 12.0 Å². The van der Waals surface area contributed by atoms with E-state index in [0.717, 1.165) is 12.8 Å². The Labute approximate surface area is 102 Å². The molecule has 0 spiro atoms. The first-order valence-corrected chi connectivity index (χ1v) is 6.20. The molecule has 1 atom stereocenters. The van der Waals surface area contributed by atoms with E-state index in [9.17, 15) is 9.50 Å². The van der Waals surface area contributed by atoms with Crippen LogP contribution in [-0.4, -0.2) is 12.2 Å². The summed E-state index contributed by atoms with van der Waals surface area (Å²) in [5.74, 6) is -0.204. The molecule has 0 fully saturated rings. The lowest BCUT2D eigenvalue weighted by atomic mass is 10.0. The third-order valence-corrected chi connectivity index (χ3v) is 2.89. The van der Waals surface area contributed by atoms with Crippen LogP contribution in [0.1, 0.15) is 50.7 Å². The number of hydrogen-bond donors (Lipinski definition) is 1. The van der Waals surface area contributed by atoms with E-state index in [2.05, 4.69) is 6.92 Å². The van der Waals surface area contributed by atoms with Gasteiger partial charge in [0.25, 0.3) is 0 Å². The highest BCUT2D eigenvalue weighted by atomic mass is 19.1. The molecule has 96 valence electrons. The number of unbranched alkanes of at least 4 members (excludes halogenated alkanes) is 3. The van der Waals surface area contributed by atoms with Crippen molar-refractivity contribution in [3.63, 3.8) is 0 Å². The van der Waals surface area contributed by atoms with Crippen molar-refractivity contribution in [3.8, 4) is 5.75 Å². The summed E-state index contributed by atoms with van der Waals surface area (Å²) in [7, 11) is 1.43. The normalized spacial score (nSPS) is 12.5. The molecule has 17 heavy (non-hydrogen) atoms. The fourth-order valence-electron chi connectivity index (χ4n) is 1.82. The molecule has 1 rings (SSSR count). The number of rotatable bonds is 7. The van der Waals surface area contributed by atoms with Gasteiger partial charge in [-0.3, -0.25) is 0 Å². The first-order chi connectivity index (χ1) is 8.19. The average Bonchev–Trinajstić information content (AvgIpc) is 2.34. The van der Waals surface area contributed by atoms with Crippen molar-refractivity contribution >= 4 is 0 Å². The van der Waals surface area contributed by atoms with Gasteiger partial charge in [-0.25, -0.2) is 4.39 Å². The van der Waals surface area contributed by atoms with E-state index in [-0.39, 0.29) is 5.75 Å². The molecule has 0 heterocycles. The molecule has 0 bridgehead atoms. The second kappa shape index (κ2) is 7.28. The Morgan fingerprint density at radius 2 is 2.06 bits per heavy atom. The van der Waals surface area contributed by atoms with Gasteiger partial charge in [0.05, 0.1) is 13.2 Å². The zero-order valence-electron chi connectivity index (χ0n) is 10.6. The van der Waals surface area contributed by atoms with E-state index in [1.165, 1.54) is 26.0 Å². The van der Waals surface area contributed by atoms with Crippen LogP contribution < -0.4 is 4.74 Å². The smallest absolute Gasteiger partial charge is 0.165 e. The van der Waals surface area contributed by atoms with Gasteiger partial charge in [0.1, 0.15) is 0 Å². The van der Waals surface area contributed by atoms with E-state index in [1.807, 2.05) is 0 Å². The second-order valence-corrected chi connectivity index (χ2v) is 4.26. The number of methoxy groups -OCH3 is 1. The van der Waals surface area contributed by atoms with E-state index in [4.69, 9.17) is 4.74 Å². The fraction of sp³-hybridized carbons (Fsp3) is 0.571. The molecule has 0 saturated heterocycles. The Morgan fingerprint density at radius 1 is 1.29 bits per heavy atom. The van der Waals surface area contributed by atoms with Gasteiger partial charge in [-0.1, -0.05) is 38.7 Å². The molecule has 1 N–H and O–H groups in total. The van der Waals surface area contributed by atoms with Crippen LogP contribution in [-0.2, 0) is 0 Å². The summed E-state index contributed by atoms with van der Waals surface area (Å²) in [6, 6.07) is 4.62. The highest BCUT2D eigenvalue weighted by molar-refractivity contribution is 5.30. The molecule has 0 aliphatic heterocycles. The van der Waals surface area contributed by atoms with Crippen molar-refractivity contribution in [2.45, 2.75) is 45.1 Å². The molecule has 1 unspecified atom stereocenters. The summed E-state index contributed by atoms with van der Waals surface area (Å²) < 4.78 is 18.3. The minimum absolute atomic E-state index is 0.215.